The van der Waals surface area contributed by atoms with Crippen LogP contribution >= 0.6 is 23.5 Å². The summed E-state index contributed by atoms with van der Waals surface area (Å²) in [4.78, 5) is 21.0. The third-order valence-corrected chi connectivity index (χ3v) is 5.85. The molecule has 0 saturated heterocycles. The average Bonchev–Trinajstić information content (AvgIpc) is 3.21. The Balaban J connectivity index is 1.63. The van der Waals surface area contributed by atoms with Crippen molar-refractivity contribution in [3.05, 3.63) is 52.7 Å². The fourth-order valence-electron chi connectivity index (χ4n) is 2.19. The second-order valence-corrected chi connectivity index (χ2v) is 7.57. The molecule has 3 rings (SSSR count). The Labute approximate surface area is 149 Å². The van der Waals surface area contributed by atoms with Crippen molar-refractivity contribution in [2.24, 2.45) is 4.99 Å². The maximum Gasteiger partial charge on any atom is 0.338 e. The molecule has 0 unspecified atom stereocenters. The van der Waals surface area contributed by atoms with Gasteiger partial charge in [-0.15, -0.1) is 0 Å². The maximum absolute atomic E-state index is 12.4. The van der Waals surface area contributed by atoms with Gasteiger partial charge in [-0.05, 0) is 25.5 Å². The number of ether oxygens (including phenoxy) is 1. The Morgan fingerprint density at radius 1 is 1.38 bits per heavy atom. The topological polar surface area (TPSA) is 64.7 Å². The van der Waals surface area contributed by atoms with Crippen molar-refractivity contribution in [2.45, 2.75) is 26.2 Å². The smallest absolute Gasteiger partial charge is 0.338 e. The van der Waals surface area contributed by atoms with Crippen LogP contribution < -0.4 is 0 Å². The summed E-state index contributed by atoms with van der Waals surface area (Å²) < 4.78 is 11.9. The summed E-state index contributed by atoms with van der Waals surface area (Å²) in [7, 11) is 0. The van der Waals surface area contributed by atoms with E-state index in [2.05, 4.69) is 9.98 Å². The minimum atomic E-state index is -0.360. The van der Waals surface area contributed by atoms with E-state index in [-0.39, 0.29) is 12.6 Å². The van der Waals surface area contributed by atoms with Crippen molar-refractivity contribution in [3.63, 3.8) is 0 Å². The van der Waals surface area contributed by atoms with Gasteiger partial charge >= 0.3 is 5.97 Å². The molecular formula is C17H18N2O3S2. The van der Waals surface area contributed by atoms with Crippen molar-refractivity contribution in [2.75, 3.05) is 12.3 Å². The fraction of sp³-hybridized carbons (Fsp3) is 0.353. The molecule has 0 amide bonds. The van der Waals surface area contributed by atoms with Gasteiger partial charge < -0.3 is 9.15 Å². The van der Waals surface area contributed by atoms with Gasteiger partial charge in [0.25, 0.3) is 0 Å². The zero-order chi connectivity index (χ0) is 16.9. The summed E-state index contributed by atoms with van der Waals surface area (Å²) >= 11 is 3.43. The molecule has 1 aliphatic heterocycles. The second-order valence-electron chi connectivity index (χ2n) is 5.27. The second kappa shape index (κ2) is 7.90. The van der Waals surface area contributed by atoms with E-state index in [9.17, 15) is 4.79 Å². The number of carbonyl (C=O) groups is 1. The molecule has 0 atom stereocenters. The standard InChI is InChI=1S/C17H18N2O3S2/c1-11-12(2)22-15(19-11)9-21-16(20)14-6-4-3-5-13(14)10-24-17-18-7-8-23-17/h3-6H,7-10H2,1-2H3. The lowest BCUT2D eigenvalue weighted by molar-refractivity contribution is 0.0436. The average molecular weight is 362 g/mol. The van der Waals surface area contributed by atoms with Crippen LogP contribution in [0.5, 0.6) is 0 Å². The van der Waals surface area contributed by atoms with E-state index in [4.69, 9.17) is 9.15 Å². The van der Waals surface area contributed by atoms with Gasteiger partial charge in [0, 0.05) is 11.5 Å². The summed E-state index contributed by atoms with van der Waals surface area (Å²) in [5.74, 6) is 2.55. The van der Waals surface area contributed by atoms with E-state index in [1.165, 1.54) is 0 Å². The largest absolute Gasteiger partial charge is 0.452 e. The van der Waals surface area contributed by atoms with Crippen LogP contribution in [-0.4, -0.2) is 27.6 Å². The fourth-order valence-corrected chi connectivity index (χ4v) is 4.21. The van der Waals surface area contributed by atoms with Gasteiger partial charge in [0.2, 0.25) is 5.89 Å². The molecule has 0 N–H and O–H groups in total. The zero-order valence-corrected chi connectivity index (χ0v) is 15.2. The molecule has 1 aromatic carbocycles. The molecule has 0 saturated carbocycles. The highest BCUT2D eigenvalue weighted by atomic mass is 32.2. The first kappa shape index (κ1) is 17.1. The number of hydrogen-bond donors (Lipinski definition) is 0. The Morgan fingerprint density at radius 3 is 2.92 bits per heavy atom. The van der Waals surface area contributed by atoms with Gasteiger partial charge in [-0.2, -0.15) is 0 Å². The van der Waals surface area contributed by atoms with Gasteiger partial charge in [0.15, 0.2) is 6.61 Å². The molecule has 7 heteroatoms. The van der Waals surface area contributed by atoms with Crippen LogP contribution in [0.3, 0.4) is 0 Å². The normalized spacial score (nSPS) is 13.8. The first-order chi connectivity index (χ1) is 11.6. The number of aryl methyl sites for hydroxylation is 2. The third kappa shape index (κ3) is 4.21. The Morgan fingerprint density at radius 2 is 2.21 bits per heavy atom. The highest BCUT2D eigenvalue weighted by Gasteiger charge is 2.16. The number of thioether (sulfide) groups is 2. The molecule has 1 aromatic heterocycles. The number of nitrogens with zero attached hydrogens (tertiary/aromatic N) is 2. The predicted molar refractivity (Wildman–Crippen MR) is 97.6 cm³/mol. The van der Waals surface area contributed by atoms with E-state index in [0.717, 1.165) is 33.7 Å². The van der Waals surface area contributed by atoms with Gasteiger partial charge in [-0.25, -0.2) is 9.78 Å². The van der Waals surface area contributed by atoms with E-state index in [1.54, 1.807) is 29.6 Å². The first-order valence-corrected chi connectivity index (χ1v) is 9.58. The lowest BCUT2D eigenvalue weighted by atomic mass is 10.1. The van der Waals surface area contributed by atoms with Crippen molar-refractivity contribution in [1.29, 1.82) is 0 Å². The number of hydrogen-bond acceptors (Lipinski definition) is 7. The van der Waals surface area contributed by atoms with E-state index >= 15 is 0 Å². The Kier molecular flexibility index (Phi) is 5.63. The molecule has 0 radical (unpaired) electrons. The molecule has 5 nitrogen and oxygen atoms in total. The highest BCUT2D eigenvalue weighted by molar-refractivity contribution is 8.38. The molecule has 126 valence electrons. The van der Waals surface area contributed by atoms with Crippen LogP contribution in [-0.2, 0) is 17.1 Å². The number of rotatable bonds is 5. The summed E-state index contributed by atoms with van der Waals surface area (Å²) in [5.41, 5.74) is 2.34. The Bertz CT molecular complexity index is 751. The molecule has 0 aliphatic carbocycles. The van der Waals surface area contributed by atoms with Gasteiger partial charge in [-0.3, -0.25) is 4.99 Å². The number of aliphatic imine (C=N–C) groups is 1. The molecule has 2 aromatic rings. The lowest BCUT2D eigenvalue weighted by Gasteiger charge is -2.08. The van der Waals surface area contributed by atoms with Gasteiger partial charge in [0.1, 0.15) is 10.1 Å². The summed E-state index contributed by atoms with van der Waals surface area (Å²) in [6.45, 7) is 4.62. The van der Waals surface area contributed by atoms with Crippen LogP contribution in [0.25, 0.3) is 0 Å². The highest BCUT2D eigenvalue weighted by Crippen LogP contribution is 2.26. The SMILES string of the molecule is Cc1nc(COC(=O)c2ccccc2CSC2=NCCS2)oc1C. The molecule has 0 bridgehead atoms. The van der Waals surface area contributed by atoms with Gasteiger partial charge in [0.05, 0.1) is 17.8 Å². The molecule has 24 heavy (non-hydrogen) atoms. The Hall–Kier alpha value is -1.73. The number of benzene rings is 1. The molecule has 2 heterocycles. The monoisotopic (exact) mass is 362 g/mol. The summed E-state index contributed by atoms with van der Waals surface area (Å²) in [5, 5.41) is 0. The minimum Gasteiger partial charge on any atom is -0.452 e. The van der Waals surface area contributed by atoms with Crippen molar-refractivity contribution < 1.29 is 13.9 Å². The number of carbonyl (C=O) groups excluding carboxylic acids is 1. The lowest BCUT2D eigenvalue weighted by Crippen LogP contribution is -2.08. The number of oxazole rings is 1. The summed E-state index contributed by atoms with van der Waals surface area (Å²) in [6.07, 6.45) is 0. The first-order valence-electron chi connectivity index (χ1n) is 7.61. The van der Waals surface area contributed by atoms with Crippen molar-refractivity contribution in [1.82, 2.24) is 4.98 Å². The van der Waals surface area contributed by atoms with Crippen LogP contribution in [0.4, 0.5) is 0 Å². The quantitative estimate of drug-likeness (QED) is 0.750. The molecular weight excluding hydrogens is 344 g/mol. The van der Waals surface area contributed by atoms with E-state index in [1.807, 2.05) is 32.0 Å². The van der Waals surface area contributed by atoms with Gasteiger partial charge in [-0.1, -0.05) is 41.7 Å². The minimum absolute atomic E-state index is 0.0392. The maximum atomic E-state index is 12.4. The summed E-state index contributed by atoms with van der Waals surface area (Å²) in [6, 6.07) is 7.50. The van der Waals surface area contributed by atoms with Crippen LogP contribution in [0, 0.1) is 13.8 Å². The molecule has 0 fully saturated rings. The van der Waals surface area contributed by atoms with Crippen LogP contribution in [0.1, 0.15) is 33.3 Å². The zero-order valence-electron chi connectivity index (χ0n) is 13.6. The predicted octanol–water partition coefficient (Wildman–Crippen LogP) is 3.98. The van der Waals surface area contributed by atoms with Crippen molar-refractivity contribution in [3.8, 4) is 0 Å². The molecule has 1 aliphatic rings. The molecule has 0 spiro atoms. The van der Waals surface area contributed by atoms with Crippen LogP contribution in [0.15, 0.2) is 33.7 Å². The third-order valence-electron chi connectivity index (χ3n) is 3.55. The van der Waals surface area contributed by atoms with E-state index < -0.39 is 0 Å². The number of aromatic nitrogens is 1. The number of esters is 1. The van der Waals surface area contributed by atoms with Crippen LogP contribution in [0.2, 0.25) is 0 Å². The van der Waals surface area contributed by atoms with Crippen molar-refractivity contribution >= 4 is 33.9 Å². The van der Waals surface area contributed by atoms with E-state index in [0.29, 0.717) is 17.2 Å².